The first kappa shape index (κ1) is 25.5. The molecule has 0 bridgehead atoms. The van der Waals surface area contributed by atoms with Crippen LogP contribution in [-0.4, -0.2) is 30.0 Å². The van der Waals surface area contributed by atoms with Crippen molar-refractivity contribution in [3.8, 4) is 0 Å². The van der Waals surface area contributed by atoms with Gasteiger partial charge < -0.3 is 0 Å². The first-order valence-electron chi connectivity index (χ1n) is 10.0. The Bertz CT molecular complexity index is 992. The molecule has 0 fully saturated rings. The summed E-state index contributed by atoms with van der Waals surface area (Å²) >= 11 is 0. The molecular weight excluding hydrogens is 436 g/mol. The van der Waals surface area contributed by atoms with E-state index in [1.807, 2.05) is 41.5 Å². The van der Waals surface area contributed by atoms with E-state index in [0.29, 0.717) is 6.42 Å². The third-order valence-electron chi connectivity index (χ3n) is 4.79. The second kappa shape index (κ2) is 9.40. The maximum Gasteiger partial charge on any atom is 0.296 e. The van der Waals surface area contributed by atoms with Gasteiger partial charge in [0.2, 0.25) is 0 Å². The van der Waals surface area contributed by atoms with E-state index in [1.165, 1.54) is 24.3 Å². The molecule has 0 aromatic heterocycles. The van der Waals surface area contributed by atoms with Gasteiger partial charge in [-0.2, -0.15) is 16.8 Å². The van der Waals surface area contributed by atoms with Crippen LogP contribution in [0.1, 0.15) is 45.2 Å². The predicted octanol–water partition coefficient (Wildman–Crippen LogP) is 4.86. The van der Waals surface area contributed by atoms with Gasteiger partial charge in [-0.15, -0.1) is 0 Å². The molecule has 0 N–H and O–H groups in total. The Hall–Kier alpha value is -1.74. The van der Waals surface area contributed by atoms with Gasteiger partial charge in [-0.05, 0) is 55.4 Å². The van der Waals surface area contributed by atoms with Crippen LogP contribution in [0, 0.1) is 24.7 Å². The van der Waals surface area contributed by atoms with Crippen LogP contribution in [0.4, 0.5) is 0 Å². The molecule has 0 aliphatic heterocycles. The Morgan fingerprint density at radius 2 is 0.903 bits per heavy atom. The third-order valence-corrected chi connectivity index (χ3v) is 7.34. The number of hydrogen-bond donors (Lipinski definition) is 0. The minimum absolute atomic E-state index is 0.0304. The largest absolute Gasteiger partial charge is 0.296 e. The summed E-state index contributed by atoms with van der Waals surface area (Å²) in [5.41, 5.74) is 0.861. The second-order valence-electron chi connectivity index (χ2n) is 9.56. The van der Waals surface area contributed by atoms with Gasteiger partial charge in [0, 0.05) is 0 Å². The van der Waals surface area contributed by atoms with Crippen LogP contribution in [-0.2, 0) is 28.6 Å². The number of hydrogen-bond acceptors (Lipinski definition) is 6. The minimum atomic E-state index is -3.87. The summed E-state index contributed by atoms with van der Waals surface area (Å²) in [6.07, 6.45) is 0.493. The summed E-state index contributed by atoms with van der Waals surface area (Å²) < 4.78 is 60.5. The van der Waals surface area contributed by atoms with Gasteiger partial charge in [-0.1, -0.05) is 63.1 Å². The van der Waals surface area contributed by atoms with E-state index in [-0.39, 0.29) is 23.0 Å². The second-order valence-corrected chi connectivity index (χ2v) is 12.8. The molecule has 0 saturated carbocycles. The highest BCUT2D eigenvalue weighted by Crippen LogP contribution is 2.35. The quantitative estimate of drug-likeness (QED) is 0.463. The maximum atomic E-state index is 12.5. The molecule has 0 aliphatic carbocycles. The molecule has 2 aromatic rings. The van der Waals surface area contributed by atoms with Gasteiger partial charge in [-0.25, -0.2) is 0 Å². The van der Waals surface area contributed by atoms with Crippen LogP contribution < -0.4 is 0 Å². The molecule has 0 saturated heterocycles. The van der Waals surface area contributed by atoms with Crippen molar-refractivity contribution in [3.63, 3.8) is 0 Å². The van der Waals surface area contributed by atoms with E-state index in [2.05, 4.69) is 0 Å². The number of benzene rings is 2. The average Bonchev–Trinajstić information content (AvgIpc) is 2.65. The summed E-state index contributed by atoms with van der Waals surface area (Å²) in [6, 6.07) is 13.0. The highest BCUT2D eigenvalue weighted by molar-refractivity contribution is 7.87. The van der Waals surface area contributed by atoms with Gasteiger partial charge in [0.1, 0.15) is 0 Å². The molecule has 0 spiro atoms. The molecule has 2 rings (SSSR count). The topological polar surface area (TPSA) is 86.7 Å². The van der Waals surface area contributed by atoms with Crippen LogP contribution in [0.15, 0.2) is 58.3 Å². The molecule has 0 atom stereocenters. The summed E-state index contributed by atoms with van der Waals surface area (Å²) in [4.78, 5) is 0.223. The van der Waals surface area contributed by atoms with E-state index < -0.39 is 31.1 Å². The molecule has 0 heterocycles. The first-order chi connectivity index (χ1) is 14.1. The van der Waals surface area contributed by atoms with Crippen LogP contribution in [0.5, 0.6) is 0 Å². The van der Waals surface area contributed by atoms with Crippen molar-refractivity contribution in [1.29, 1.82) is 0 Å². The van der Waals surface area contributed by atoms with Crippen molar-refractivity contribution in [3.05, 3.63) is 59.7 Å². The van der Waals surface area contributed by atoms with Crippen molar-refractivity contribution >= 4 is 20.2 Å². The summed E-state index contributed by atoms with van der Waals surface area (Å²) in [7, 11) is -7.74. The lowest BCUT2D eigenvalue weighted by Gasteiger charge is -2.34. The lowest BCUT2D eigenvalue weighted by Crippen LogP contribution is -2.32. The zero-order valence-corrected chi connectivity index (χ0v) is 20.6. The predicted molar refractivity (Wildman–Crippen MR) is 121 cm³/mol. The third kappa shape index (κ3) is 7.71. The molecule has 172 valence electrons. The Morgan fingerprint density at radius 1 is 0.613 bits per heavy atom. The van der Waals surface area contributed by atoms with Crippen LogP contribution in [0.3, 0.4) is 0 Å². The average molecular weight is 469 g/mol. The Morgan fingerprint density at radius 3 is 1.19 bits per heavy atom. The summed E-state index contributed by atoms with van der Waals surface area (Å²) in [5, 5.41) is 0. The molecule has 0 unspecified atom stereocenters. The highest BCUT2D eigenvalue weighted by Gasteiger charge is 2.33. The van der Waals surface area contributed by atoms with Gasteiger partial charge in [0.25, 0.3) is 20.2 Å². The normalized spacial score (nSPS) is 13.4. The van der Waals surface area contributed by atoms with Gasteiger partial charge in [0.05, 0.1) is 23.0 Å². The van der Waals surface area contributed by atoms with Crippen molar-refractivity contribution in [1.82, 2.24) is 0 Å². The SMILES string of the molecule is Cc1ccc(S(=O)(=O)OCC(C)(C)CC(C)(C)COS(=O)(=O)c2ccc(C)cc2)cc1. The summed E-state index contributed by atoms with van der Waals surface area (Å²) in [5.74, 6) is 0. The molecule has 0 amide bonds. The lowest BCUT2D eigenvalue weighted by molar-refractivity contribution is 0.0858. The van der Waals surface area contributed by atoms with Crippen molar-refractivity contribution in [2.24, 2.45) is 10.8 Å². The van der Waals surface area contributed by atoms with Gasteiger partial charge in [0.15, 0.2) is 0 Å². The Kier molecular flexibility index (Phi) is 7.74. The molecule has 2 aromatic carbocycles. The lowest BCUT2D eigenvalue weighted by atomic mass is 9.76. The molecule has 0 radical (unpaired) electrons. The fourth-order valence-electron chi connectivity index (χ4n) is 3.42. The monoisotopic (exact) mass is 468 g/mol. The van der Waals surface area contributed by atoms with E-state index in [9.17, 15) is 16.8 Å². The molecule has 31 heavy (non-hydrogen) atoms. The van der Waals surface area contributed by atoms with E-state index in [0.717, 1.165) is 11.1 Å². The number of rotatable bonds is 10. The fraction of sp³-hybridized carbons (Fsp3) is 0.478. The van der Waals surface area contributed by atoms with Gasteiger partial charge >= 0.3 is 0 Å². The fourth-order valence-corrected chi connectivity index (χ4v) is 5.58. The van der Waals surface area contributed by atoms with Crippen LogP contribution in [0.25, 0.3) is 0 Å². The van der Waals surface area contributed by atoms with Crippen molar-refractivity contribution in [2.45, 2.75) is 57.8 Å². The highest BCUT2D eigenvalue weighted by atomic mass is 32.2. The smallest absolute Gasteiger partial charge is 0.266 e. The zero-order chi connectivity index (χ0) is 23.5. The van der Waals surface area contributed by atoms with Crippen LogP contribution >= 0.6 is 0 Å². The van der Waals surface area contributed by atoms with Gasteiger partial charge in [-0.3, -0.25) is 8.37 Å². The Balaban J connectivity index is 1.98. The Labute approximate surface area is 186 Å². The minimum Gasteiger partial charge on any atom is -0.266 e. The molecular formula is C23H32O6S2. The van der Waals surface area contributed by atoms with E-state index in [1.54, 1.807) is 24.3 Å². The molecule has 8 heteroatoms. The molecule has 6 nitrogen and oxygen atoms in total. The maximum absolute atomic E-state index is 12.5. The van der Waals surface area contributed by atoms with Crippen molar-refractivity contribution < 1.29 is 25.2 Å². The zero-order valence-electron chi connectivity index (χ0n) is 19.0. The number of aryl methyl sites for hydroxylation is 2. The summed E-state index contributed by atoms with van der Waals surface area (Å²) in [6.45, 7) is 11.2. The van der Waals surface area contributed by atoms with Crippen LogP contribution in [0.2, 0.25) is 0 Å². The van der Waals surface area contributed by atoms with E-state index in [4.69, 9.17) is 8.37 Å². The molecule has 0 aliphatic rings. The standard InChI is InChI=1S/C23H32O6S2/c1-18-7-11-20(12-8-18)30(24,25)28-16-22(3,4)15-23(5,6)17-29-31(26,27)21-13-9-19(2)10-14-21/h7-14H,15-17H2,1-6H3. The van der Waals surface area contributed by atoms with E-state index >= 15 is 0 Å². The van der Waals surface area contributed by atoms with Crippen molar-refractivity contribution in [2.75, 3.05) is 13.2 Å². The first-order valence-corrected chi connectivity index (χ1v) is 12.9.